The van der Waals surface area contributed by atoms with Crippen molar-refractivity contribution in [3.63, 3.8) is 0 Å². The van der Waals surface area contributed by atoms with Crippen LogP contribution in [0.2, 0.25) is 0 Å². The predicted molar refractivity (Wildman–Crippen MR) is 80.5 cm³/mol. The summed E-state index contributed by atoms with van der Waals surface area (Å²) in [5.41, 5.74) is 3.87. The smallest absolute Gasteiger partial charge is 0.263 e. The van der Waals surface area contributed by atoms with Gasteiger partial charge in [-0.3, -0.25) is 0 Å². The Bertz CT molecular complexity index is 610. The molecule has 110 valence electrons. The standard InChI is InChI=1S/C18H19F2N/c19-18(20)16-7-3-4-13(10-16)12-21-17-9-8-14-5-1-2-6-15(14)11-17/h1-7,10,17-18,21H,8-9,11-12H2. The molecule has 1 aliphatic rings. The van der Waals surface area contributed by atoms with Gasteiger partial charge in [-0.1, -0.05) is 42.5 Å². The van der Waals surface area contributed by atoms with Crippen LogP contribution in [-0.4, -0.2) is 6.04 Å². The average molecular weight is 287 g/mol. The Morgan fingerprint density at radius 1 is 1.05 bits per heavy atom. The van der Waals surface area contributed by atoms with Gasteiger partial charge >= 0.3 is 0 Å². The molecule has 0 bridgehead atoms. The minimum atomic E-state index is -2.40. The monoisotopic (exact) mass is 287 g/mol. The Balaban J connectivity index is 1.60. The summed E-state index contributed by atoms with van der Waals surface area (Å²) in [6.07, 6.45) is 0.813. The van der Waals surface area contributed by atoms with Gasteiger partial charge in [0.1, 0.15) is 0 Å². The van der Waals surface area contributed by atoms with Gasteiger partial charge in [-0.2, -0.15) is 0 Å². The van der Waals surface area contributed by atoms with E-state index in [0.29, 0.717) is 12.6 Å². The second-order valence-electron chi connectivity index (χ2n) is 5.64. The lowest BCUT2D eigenvalue weighted by Gasteiger charge is -2.25. The van der Waals surface area contributed by atoms with Gasteiger partial charge in [0.25, 0.3) is 6.43 Å². The highest BCUT2D eigenvalue weighted by Gasteiger charge is 2.17. The largest absolute Gasteiger partial charge is 0.310 e. The van der Waals surface area contributed by atoms with Crippen LogP contribution in [-0.2, 0) is 19.4 Å². The van der Waals surface area contributed by atoms with Crippen molar-refractivity contribution in [1.82, 2.24) is 5.32 Å². The van der Waals surface area contributed by atoms with Crippen LogP contribution >= 0.6 is 0 Å². The minimum Gasteiger partial charge on any atom is -0.310 e. The third-order valence-corrected chi connectivity index (χ3v) is 4.14. The maximum Gasteiger partial charge on any atom is 0.263 e. The molecule has 1 nitrogen and oxygen atoms in total. The fourth-order valence-corrected chi connectivity index (χ4v) is 2.97. The molecule has 2 aromatic carbocycles. The minimum absolute atomic E-state index is 0.100. The van der Waals surface area contributed by atoms with E-state index < -0.39 is 6.43 Å². The van der Waals surface area contributed by atoms with E-state index in [2.05, 4.69) is 29.6 Å². The highest BCUT2D eigenvalue weighted by atomic mass is 19.3. The van der Waals surface area contributed by atoms with E-state index in [9.17, 15) is 8.78 Å². The maximum atomic E-state index is 12.7. The summed E-state index contributed by atoms with van der Waals surface area (Å²) < 4.78 is 25.4. The maximum absolute atomic E-state index is 12.7. The number of aryl methyl sites for hydroxylation is 1. The second kappa shape index (κ2) is 6.35. The van der Waals surface area contributed by atoms with Gasteiger partial charge < -0.3 is 5.32 Å². The van der Waals surface area contributed by atoms with Crippen molar-refractivity contribution >= 4 is 0 Å². The molecule has 0 fully saturated rings. The summed E-state index contributed by atoms with van der Waals surface area (Å²) in [6, 6.07) is 15.6. The van der Waals surface area contributed by atoms with Crippen LogP contribution in [0.3, 0.4) is 0 Å². The molecule has 0 saturated heterocycles. The first-order valence-corrected chi connectivity index (χ1v) is 7.39. The average Bonchev–Trinajstić information content (AvgIpc) is 2.53. The third kappa shape index (κ3) is 3.48. The van der Waals surface area contributed by atoms with Gasteiger partial charge in [-0.25, -0.2) is 8.78 Å². The first-order chi connectivity index (χ1) is 10.2. The van der Waals surface area contributed by atoms with Crippen molar-refractivity contribution in [3.05, 3.63) is 70.8 Å². The fraction of sp³-hybridized carbons (Fsp3) is 0.333. The van der Waals surface area contributed by atoms with E-state index >= 15 is 0 Å². The normalized spacial score (nSPS) is 17.8. The summed E-state index contributed by atoms with van der Waals surface area (Å²) in [5, 5.41) is 3.50. The van der Waals surface area contributed by atoms with E-state index in [1.165, 1.54) is 17.2 Å². The van der Waals surface area contributed by atoms with Crippen molar-refractivity contribution in [2.24, 2.45) is 0 Å². The molecule has 1 N–H and O–H groups in total. The molecule has 0 saturated carbocycles. The topological polar surface area (TPSA) is 12.0 Å². The molecular weight excluding hydrogens is 268 g/mol. The van der Waals surface area contributed by atoms with Gasteiger partial charge in [0, 0.05) is 18.2 Å². The molecule has 21 heavy (non-hydrogen) atoms. The quantitative estimate of drug-likeness (QED) is 0.885. The summed E-state index contributed by atoms with van der Waals surface area (Å²) in [4.78, 5) is 0. The fourth-order valence-electron chi connectivity index (χ4n) is 2.97. The van der Waals surface area contributed by atoms with Gasteiger partial charge in [-0.05, 0) is 42.0 Å². The molecular formula is C18H19F2N. The molecule has 1 aliphatic carbocycles. The third-order valence-electron chi connectivity index (χ3n) is 4.14. The van der Waals surface area contributed by atoms with E-state index in [-0.39, 0.29) is 5.56 Å². The Kier molecular flexibility index (Phi) is 4.30. The molecule has 1 unspecified atom stereocenters. The zero-order valence-corrected chi connectivity index (χ0v) is 11.9. The Hall–Kier alpha value is -1.74. The number of fused-ring (bicyclic) bond motifs is 1. The van der Waals surface area contributed by atoms with Gasteiger partial charge in [0.15, 0.2) is 0 Å². The zero-order chi connectivity index (χ0) is 14.7. The molecule has 1 atom stereocenters. The highest BCUT2D eigenvalue weighted by Crippen LogP contribution is 2.22. The summed E-state index contributed by atoms with van der Waals surface area (Å²) in [7, 11) is 0. The van der Waals surface area contributed by atoms with Crippen LogP contribution in [0.1, 0.15) is 35.1 Å². The lowest BCUT2D eigenvalue weighted by atomic mass is 9.88. The number of rotatable bonds is 4. The van der Waals surface area contributed by atoms with Gasteiger partial charge in [0.05, 0.1) is 0 Å². The van der Waals surface area contributed by atoms with Crippen molar-refractivity contribution in [3.8, 4) is 0 Å². The molecule has 3 rings (SSSR count). The second-order valence-corrected chi connectivity index (χ2v) is 5.64. The van der Waals surface area contributed by atoms with E-state index in [0.717, 1.165) is 24.8 Å². The number of benzene rings is 2. The first-order valence-electron chi connectivity index (χ1n) is 7.39. The Morgan fingerprint density at radius 2 is 1.86 bits per heavy atom. The number of alkyl halides is 2. The lowest BCUT2D eigenvalue weighted by molar-refractivity contribution is 0.151. The first kappa shape index (κ1) is 14.2. The number of hydrogen-bond donors (Lipinski definition) is 1. The molecule has 0 amide bonds. The molecule has 0 heterocycles. The summed E-state index contributed by atoms with van der Waals surface area (Å²) in [5.74, 6) is 0. The van der Waals surface area contributed by atoms with E-state index in [1.54, 1.807) is 12.1 Å². The van der Waals surface area contributed by atoms with Crippen LogP contribution in [0.5, 0.6) is 0 Å². The van der Waals surface area contributed by atoms with E-state index in [1.807, 2.05) is 6.07 Å². The number of nitrogens with one attached hydrogen (secondary N) is 1. The molecule has 2 aromatic rings. The summed E-state index contributed by atoms with van der Waals surface area (Å²) >= 11 is 0. The Morgan fingerprint density at radius 3 is 2.67 bits per heavy atom. The Labute approximate surface area is 124 Å². The molecule has 3 heteroatoms. The predicted octanol–water partition coefficient (Wildman–Crippen LogP) is 4.27. The highest BCUT2D eigenvalue weighted by molar-refractivity contribution is 5.30. The van der Waals surface area contributed by atoms with E-state index in [4.69, 9.17) is 0 Å². The van der Waals surface area contributed by atoms with Gasteiger partial charge in [0.2, 0.25) is 0 Å². The van der Waals surface area contributed by atoms with Crippen molar-refractivity contribution in [2.75, 3.05) is 0 Å². The summed E-state index contributed by atoms with van der Waals surface area (Å²) in [6.45, 7) is 0.646. The SMILES string of the molecule is FC(F)c1cccc(CNC2CCc3ccccc3C2)c1. The van der Waals surface area contributed by atoms with Crippen LogP contribution in [0.15, 0.2) is 48.5 Å². The number of halogens is 2. The molecule has 0 radical (unpaired) electrons. The van der Waals surface area contributed by atoms with Crippen LogP contribution in [0.25, 0.3) is 0 Å². The lowest BCUT2D eigenvalue weighted by Crippen LogP contribution is -2.34. The van der Waals surface area contributed by atoms with Crippen molar-refractivity contribution in [2.45, 2.75) is 38.3 Å². The van der Waals surface area contributed by atoms with Crippen LogP contribution in [0, 0.1) is 0 Å². The van der Waals surface area contributed by atoms with Crippen LogP contribution in [0.4, 0.5) is 8.78 Å². The van der Waals surface area contributed by atoms with Crippen molar-refractivity contribution < 1.29 is 8.78 Å². The van der Waals surface area contributed by atoms with Crippen molar-refractivity contribution in [1.29, 1.82) is 0 Å². The van der Waals surface area contributed by atoms with Crippen LogP contribution < -0.4 is 5.32 Å². The number of hydrogen-bond acceptors (Lipinski definition) is 1. The molecule has 0 aromatic heterocycles. The molecule has 0 aliphatic heterocycles. The molecule has 0 spiro atoms. The zero-order valence-electron chi connectivity index (χ0n) is 11.9. The van der Waals surface area contributed by atoms with Gasteiger partial charge in [-0.15, -0.1) is 0 Å².